The van der Waals surface area contributed by atoms with Gasteiger partial charge >= 0.3 is 12.4 Å². The van der Waals surface area contributed by atoms with Crippen molar-refractivity contribution in [2.45, 2.75) is 70.4 Å². The molecule has 0 bridgehead atoms. The Morgan fingerprint density at radius 3 is 2.14 bits per heavy atom. The fourth-order valence-corrected chi connectivity index (χ4v) is 4.74. The maximum atomic E-state index is 13.1. The number of carbonyl (C=O) groups is 1. The Bertz CT molecular complexity index is 1010. The Morgan fingerprint density at radius 2 is 1.64 bits per heavy atom. The van der Waals surface area contributed by atoms with E-state index in [4.69, 9.17) is 0 Å². The summed E-state index contributed by atoms with van der Waals surface area (Å²) in [4.78, 5) is 20.3. The van der Waals surface area contributed by atoms with Gasteiger partial charge in [-0.2, -0.15) is 26.3 Å². The second kappa shape index (κ2) is 11.1. The highest BCUT2D eigenvalue weighted by molar-refractivity contribution is 5.64. The van der Waals surface area contributed by atoms with Crippen molar-refractivity contribution in [1.29, 1.82) is 0 Å². The van der Waals surface area contributed by atoms with Gasteiger partial charge in [-0.3, -0.25) is 4.90 Å². The number of rotatable bonds is 8. The zero-order valence-electron chi connectivity index (χ0n) is 19.9. The van der Waals surface area contributed by atoms with Gasteiger partial charge in [-0.25, -0.2) is 9.97 Å². The van der Waals surface area contributed by atoms with Gasteiger partial charge in [0.1, 0.15) is 0 Å². The minimum atomic E-state index is -4.68. The lowest BCUT2D eigenvalue weighted by atomic mass is 9.82. The van der Waals surface area contributed by atoms with Gasteiger partial charge in [-0.1, -0.05) is 26.0 Å². The lowest BCUT2D eigenvalue weighted by Gasteiger charge is -2.44. The molecule has 0 amide bonds. The topological polar surface area (TPSA) is 69.2 Å². The van der Waals surface area contributed by atoms with E-state index in [0.29, 0.717) is 42.9 Å². The minimum absolute atomic E-state index is 0.176. The van der Waals surface area contributed by atoms with Crippen LogP contribution in [-0.4, -0.2) is 27.4 Å². The minimum Gasteiger partial charge on any atom is -0.550 e. The summed E-state index contributed by atoms with van der Waals surface area (Å²) in [7, 11) is 0. The molecule has 36 heavy (non-hydrogen) atoms. The van der Waals surface area contributed by atoms with Gasteiger partial charge in [0.05, 0.1) is 5.56 Å². The molecule has 3 atom stereocenters. The number of carboxylic acid groups (broad SMARTS) is 1. The zero-order valence-corrected chi connectivity index (χ0v) is 19.9. The Balaban J connectivity index is 1.99. The van der Waals surface area contributed by atoms with Crippen molar-refractivity contribution in [3.8, 4) is 0 Å². The van der Waals surface area contributed by atoms with E-state index in [9.17, 15) is 36.2 Å². The number of piperidine rings is 1. The maximum Gasteiger partial charge on any atom is 0.451 e. The van der Waals surface area contributed by atoms with E-state index < -0.39 is 41.8 Å². The summed E-state index contributed by atoms with van der Waals surface area (Å²) in [5.41, 5.74) is 0.250. The van der Waals surface area contributed by atoms with Gasteiger partial charge in [0.15, 0.2) is 0 Å². The van der Waals surface area contributed by atoms with Gasteiger partial charge in [0.25, 0.3) is 0 Å². The molecule has 0 spiro atoms. The smallest absolute Gasteiger partial charge is 0.451 e. The van der Waals surface area contributed by atoms with Crippen LogP contribution in [0, 0.1) is 11.8 Å². The van der Waals surface area contributed by atoms with E-state index in [1.165, 1.54) is 12.1 Å². The van der Waals surface area contributed by atoms with Crippen molar-refractivity contribution in [2.75, 3.05) is 6.54 Å². The molecule has 2 aromatic rings. The standard InChI is InChI=1S/C25H29F6N3O2/c1-15(2)3-8-20(18-13-32-23(33-14-18)25(29,30)31)34-10-9-16(12-22(35)36)11-21(34)17-4-6-19(7-5-17)24(26,27)28/h4-7,13-16,20-21H,3,8-12H2,1-2H3,(H,35,36)/p-1/t16-,20-,21+/m1/s1. The number of alkyl halides is 6. The molecule has 0 N–H and O–H groups in total. The first-order chi connectivity index (χ1) is 16.8. The van der Waals surface area contributed by atoms with Crippen LogP contribution in [0.15, 0.2) is 36.7 Å². The molecule has 1 saturated heterocycles. The first kappa shape index (κ1) is 27.9. The van der Waals surface area contributed by atoms with Crippen LogP contribution in [0.4, 0.5) is 26.3 Å². The van der Waals surface area contributed by atoms with Crippen molar-refractivity contribution in [1.82, 2.24) is 14.9 Å². The Labute approximate surface area is 205 Å². The highest BCUT2D eigenvalue weighted by Crippen LogP contribution is 2.43. The van der Waals surface area contributed by atoms with Crippen LogP contribution in [0.25, 0.3) is 0 Å². The van der Waals surface area contributed by atoms with Crippen molar-refractivity contribution in [2.24, 2.45) is 11.8 Å². The molecule has 5 nitrogen and oxygen atoms in total. The number of aliphatic carboxylic acids is 1. The third kappa shape index (κ3) is 7.18. The number of carbonyl (C=O) groups excluding carboxylic acids is 1. The maximum absolute atomic E-state index is 13.1. The first-order valence-corrected chi connectivity index (χ1v) is 11.8. The summed E-state index contributed by atoms with van der Waals surface area (Å²) >= 11 is 0. The lowest BCUT2D eigenvalue weighted by molar-refractivity contribution is -0.307. The second-order valence-electron chi connectivity index (χ2n) is 9.66. The number of hydrogen-bond donors (Lipinski definition) is 0. The number of aromatic nitrogens is 2. The van der Waals surface area contributed by atoms with Crippen LogP contribution in [0.1, 0.15) is 80.6 Å². The fraction of sp³-hybridized carbons (Fsp3) is 0.560. The SMILES string of the molecule is CC(C)CC[C@H](c1cnc(C(F)(F)F)nc1)N1CC[C@@H](CC(=O)[O-])C[C@H]1c1ccc(C(F)(F)F)cc1. The predicted molar refractivity (Wildman–Crippen MR) is 117 cm³/mol. The monoisotopic (exact) mass is 516 g/mol. The molecule has 3 rings (SSSR count). The lowest BCUT2D eigenvalue weighted by Crippen LogP contribution is -2.41. The van der Waals surface area contributed by atoms with E-state index in [-0.39, 0.29) is 12.3 Å². The number of nitrogens with zero attached hydrogens (tertiary/aromatic N) is 3. The van der Waals surface area contributed by atoms with Gasteiger partial charge in [-0.15, -0.1) is 0 Å². The first-order valence-electron chi connectivity index (χ1n) is 11.8. The average molecular weight is 517 g/mol. The van der Waals surface area contributed by atoms with Crippen LogP contribution in [0.5, 0.6) is 0 Å². The molecule has 198 valence electrons. The summed E-state index contributed by atoms with van der Waals surface area (Å²) in [6.07, 6.45) is -4.89. The number of likely N-dealkylation sites (tertiary alicyclic amines) is 1. The van der Waals surface area contributed by atoms with E-state index in [1.54, 1.807) is 0 Å². The van der Waals surface area contributed by atoms with Crippen LogP contribution in [0.2, 0.25) is 0 Å². The molecule has 2 heterocycles. The Hall–Kier alpha value is -2.69. The Morgan fingerprint density at radius 1 is 1.03 bits per heavy atom. The van der Waals surface area contributed by atoms with Gasteiger partial charge < -0.3 is 9.90 Å². The molecule has 11 heteroatoms. The predicted octanol–water partition coefficient (Wildman–Crippen LogP) is 5.58. The average Bonchev–Trinajstić information content (AvgIpc) is 2.78. The summed E-state index contributed by atoms with van der Waals surface area (Å²) in [6.45, 7) is 4.44. The van der Waals surface area contributed by atoms with Gasteiger partial charge in [0.2, 0.25) is 5.82 Å². The molecule has 0 aliphatic carbocycles. The fourth-order valence-electron chi connectivity index (χ4n) is 4.74. The van der Waals surface area contributed by atoms with Crippen molar-refractivity contribution in [3.63, 3.8) is 0 Å². The van der Waals surface area contributed by atoms with E-state index in [0.717, 1.165) is 30.9 Å². The van der Waals surface area contributed by atoms with E-state index >= 15 is 0 Å². The summed E-state index contributed by atoms with van der Waals surface area (Å²) < 4.78 is 78.4. The molecule has 1 fully saturated rings. The number of benzene rings is 1. The van der Waals surface area contributed by atoms with E-state index in [2.05, 4.69) is 9.97 Å². The number of hydrogen-bond acceptors (Lipinski definition) is 5. The van der Waals surface area contributed by atoms with Crippen LogP contribution >= 0.6 is 0 Å². The molecule has 0 saturated carbocycles. The highest BCUT2D eigenvalue weighted by atomic mass is 19.4. The molecule has 1 aromatic carbocycles. The summed E-state index contributed by atoms with van der Waals surface area (Å²) in [5, 5.41) is 11.2. The third-order valence-electron chi connectivity index (χ3n) is 6.56. The van der Waals surface area contributed by atoms with Crippen LogP contribution in [0.3, 0.4) is 0 Å². The molecule has 1 aromatic heterocycles. The largest absolute Gasteiger partial charge is 0.550 e. The zero-order chi connectivity index (χ0) is 26.7. The van der Waals surface area contributed by atoms with Crippen LogP contribution in [-0.2, 0) is 17.1 Å². The van der Waals surface area contributed by atoms with Crippen LogP contribution < -0.4 is 5.11 Å². The number of halogens is 6. The molecular weight excluding hydrogens is 488 g/mol. The third-order valence-corrected chi connectivity index (χ3v) is 6.56. The quantitative estimate of drug-likeness (QED) is 0.428. The summed E-state index contributed by atoms with van der Waals surface area (Å²) in [6, 6.07) is 3.89. The Kier molecular flexibility index (Phi) is 8.63. The van der Waals surface area contributed by atoms with Gasteiger partial charge in [-0.05, 0) is 68.2 Å². The van der Waals surface area contributed by atoms with Crippen molar-refractivity contribution < 1.29 is 36.2 Å². The molecule has 0 radical (unpaired) electrons. The normalized spacial score (nSPS) is 20.5. The van der Waals surface area contributed by atoms with E-state index in [1.807, 2.05) is 18.7 Å². The highest BCUT2D eigenvalue weighted by Gasteiger charge is 2.38. The number of carboxylic acids is 1. The van der Waals surface area contributed by atoms with Crippen molar-refractivity contribution in [3.05, 3.63) is 59.2 Å². The summed E-state index contributed by atoms with van der Waals surface area (Å²) in [5.74, 6) is -2.40. The van der Waals surface area contributed by atoms with Gasteiger partial charge in [0, 0.05) is 36.0 Å². The molecule has 1 aliphatic rings. The van der Waals surface area contributed by atoms with Crippen molar-refractivity contribution >= 4 is 5.97 Å². The molecular formula is C25H28F6N3O2-. The molecule has 0 unspecified atom stereocenters. The molecule has 1 aliphatic heterocycles. The second-order valence-corrected chi connectivity index (χ2v) is 9.66.